The zero-order valence-corrected chi connectivity index (χ0v) is 19.4. The molecule has 0 saturated heterocycles. The van der Waals surface area contributed by atoms with Crippen molar-refractivity contribution in [3.05, 3.63) is 47.0 Å². The summed E-state index contributed by atoms with van der Waals surface area (Å²) in [7, 11) is -2.02. The van der Waals surface area contributed by atoms with Crippen molar-refractivity contribution in [2.75, 3.05) is 36.4 Å². The molecule has 0 bridgehead atoms. The normalized spacial score (nSPS) is 13.4. The fourth-order valence-corrected chi connectivity index (χ4v) is 4.09. The highest BCUT2D eigenvalue weighted by molar-refractivity contribution is 7.92. The van der Waals surface area contributed by atoms with Gasteiger partial charge in [-0.15, -0.1) is 0 Å². The molecule has 0 aromatic heterocycles. The van der Waals surface area contributed by atoms with Crippen LogP contribution >= 0.6 is 11.6 Å². The molecule has 1 aliphatic heterocycles. The molecular weight excluding hydrogens is 456 g/mol. The van der Waals surface area contributed by atoms with Crippen LogP contribution in [0.25, 0.3) is 0 Å². The molecule has 170 valence electrons. The van der Waals surface area contributed by atoms with E-state index in [1.165, 1.54) is 38.1 Å². The molecule has 2 N–H and O–H groups in total. The molecule has 1 heterocycles. The van der Waals surface area contributed by atoms with Crippen molar-refractivity contribution >= 4 is 39.0 Å². The summed E-state index contributed by atoms with van der Waals surface area (Å²) in [5.41, 5.74) is -0.0184. The van der Waals surface area contributed by atoms with Gasteiger partial charge in [-0.1, -0.05) is 23.4 Å². The highest BCUT2D eigenvalue weighted by Crippen LogP contribution is 2.33. The molecule has 1 aliphatic rings. The van der Waals surface area contributed by atoms with Gasteiger partial charge in [0.2, 0.25) is 0 Å². The Morgan fingerprint density at radius 3 is 2.78 bits per heavy atom. The first-order valence-electron chi connectivity index (χ1n) is 9.66. The number of hydrogen-bond donors (Lipinski definition) is 2. The molecular formula is C22H23ClN2O6S. The van der Waals surface area contributed by atoms with Gasteiger partial charge in [-0.05, 0) is 44.2 Å². The second-order valence-corrected chi connectivity index (χ2v) is 9.72. The Labute approximate surface area is 192 Å². The maximum absolute atomic E-state index is 13.0. The second kappa shape index (κ2) is 9.28. The molecule has 0 spiro atoms. The number of carbonyl (C=O) groups is 1. The van der Waals surface area contributed by atoms with E-state index in [1.54, 1.807) is 12.1 Å². The quantitative estimate of drug-likeness (QED) is 0.614. The summed E-state index contributed by atoms with van der Waals surface area (Å²) in [6.07, 6.45) is 0. The van der Waals surface area contributed by atoms with E-state index in [2.05, 4.69) is 16.6 Å². The summed E-state index contributed by atoms with van der Waals surface area (Å²) in [6.45, 7) is 3.86. The molecule has 0 radical (unpaired) electrons. The topological polar surface area (TPSA) is 105 Å². The summed E-state index contributed by atoms with van der Waals surface area (Å²) >= 11 is 6.05. The predicted octanol–water partition coefficient (Wildman–Crippen LogP) is 3.20. The van der Waals surface area contributed by atoms with Gasteiger partial charge >= 0.3 is 5.97 Å². The molecule has 2 aromatic carbocycles. The van der Waals surface area contributed by atoms with E-state index in [-0.39, 0.29) is 17.2 Å². The number of ether oxygens (including phenoxy) is 2. The summed E-state index contributed by atoms with van der Waals surface area (Å²) in [6, 6.07) is 9.26. The standard InChI is InChI=1S/C22H23ClN2O6S/c1-22(2,21(26)27)31-11-4-5-15-13-16(23)6-8-18(15)24-32(28,29)17-7-9-19-20(14-17)30-12-10-25(19)3/h6-9,13-14,24H,10-12H2,1-3H3,(H,26,27). The minimum atomic E-state index is -3.93. The van der Waals surface area contributed by atoms with Crippen LogP contribution in [0.1, 0.15) is 19.4 Å². The highest BCUT2D eigenvalue weighted by atomic mass is 35.5. The number of carboxylic acid groups (broad SMARTS) is 1. The van der Waals surface area contributed by atoms with Crippen LogP contribution in [0.4, 0.5) is 11.4 Å². The number of hydrogen-bond acceptors (Lipinski definition) is 6. The first-order valence-corrected chi connectivity index (χ1v) is 11.5. The van der Waals surface area contributed by atoms with Gasteiger partial charge in [0.25, 0.3) is 10.0 Å². The lowest BCUT2D eigenvalue weighted by Gasteiger charge is -2.27. The van der Waals surface area contributed by atoms with Crippen molar-refractivity contribution in [3.8, 4) is 17.6 Å². The zero-order chi connectivity index (χ0) is 23.5. The average molecular weight is 479 g/mol. The van der Waals surface area contributed by atoms with Gasteiger partial charge < -0.3 is 19.5 Å². The van der Waals surface area contributed by atoms with Crippen LogP contribution in [0.3, 0.4) is 0 Å². The Balaban J connectivity index is 1.83. The van der Waals surface area contributed by atoms with Crippen molar-refractivity contribution in [3.63, 3.8) is 0 Å². The number of aliphatic carboxylic acids is 1. The minimum Gasteiger partial charge on any atom is -0.490 e. The van der Waals surface area contributed by atoms with Gasteiger partial charge in [0.15, 0.2) is 5.60 Å². The fourth-order valence-electron chi connectivity index (χ4n) is 2.83. The van der Waals surface area contributed by atoms with Crippen LogP contribution in [0.5, 0.6) is 5.75 Å². The molecule has 2 aromatic rings. The largest absolute Gasteiger partial charge is 0.490 e. The Morgan fingerprint density at radius 1 is 1.31 bits per heavy atom. The molecule has 10 heteroatoms. The summed E-state index contributed by atoms with van der Waals surface area (Å²) < 4.78 is 39.4. The first kappa shape index (κ1) is 23.7. The maximum Gasteiger partial charge on any atom is 0.335 e. The van der Waals surface area contributed by atoms with Gasteiger partial charge in [-0.25, -0.2) is 13.2 Å². The van der Waals surface area contributed by atoms with Crippen molar-refractivity contribution < 1.29 is 27.8 Å². The van der Waals surface area contributed by atoms with Crippen LogP contribution in [0, 0.1) is 11.8 Å². The molecule has 0 atom stereocenters. The molecule has 32 heavy (non-hydrogen) atoms. The van der Waals surface area contributed by atoms with Gasteiger partial charge in [-0.2, -0.15) is 0 Å². The number of carboxylic acids is 1. The molecule has 8 nitrogen and oxygen atoms in total. The van der Waals surface area contributed by atoms with Crippen molar-refractivity contribution in [2.24, 2.45) is 0 Å². The van der Waals surface area contributed by atoms with E-state index in [0.29, 0.717) is 22.9 Å². The number of sulfonamides is 1. The van der Waals surface area contributed by atoms with Gasteiger partial charge in [-0.3, -0.25) is 4.72 Å². The average Bonchev–Trinajstić information content (AvgIpc) is 2.72. The Kier molecular flexibility index (Phi) is 6.88. The van der Waals surface area contributed by atoms with Gasteiger partial charge in [0.1, 0.15) is 19.0 Å². The predicted molar refractivity (Wildman–Crippen MR) is 122 cm³/mol. The van der Waals surface area contributed by atoms with E-state index >= 15 is 0 Å². The zero-order valence-electron chi connectivity index (χ0n) is 17.8. The molecule has 0 amide bonds. The second-order valence-electron chi connectivity index (χ2n) is 7.60. The van der Waals surface area contributed by atoms with E-state index < -0.39 is 21.6 Å². The van der Waals surface area contributed by atoms with Crippen LogP contribution in [0.2, 0.25) is 5.02 Å². The number of nitrogens with zero attached hydrogens (tertiary/aromatic N) is 1. The Bertz CT molecular complexity index is 1200. The monoisotopic (exact) mass is 478 g/mol. The summed E-state index contributed by atoms with van der Waals surface area (Å²) in [5.74, 6) is 4.86. The molecule has 0 fully saturated rings. The smallest absolute Gasteiger partial charge is 0.335 e. The summed E-state index contributed by atoms with van der Waals surface area (Å²) in [5, 5.41) is 9.45. The molecule has 0 aliphatic carbocycles. The van der Waals surface area contributed by atoms with Crippen molar-refractivity contribution in [1.82, 2.24) is 0 Å². The van der Waals surface area contributed by atoms with Crippen LogP contribution < -0.4 is 14.4 Å². The third kappa shape index (κ3) is 5.46. The number of anilines is 2. The Morgan fingerprint density at radius 2 is 2.06 bits per heavy atom. The first-order chi connectivity index (χ1) is 15.0. The van der Waals surface area contributed by atoms with E-state index in [0.717, 1.165) is 12.2 Å². The van der Waals surface area contributed by atoms with E-state index in [9.17, 15) is 13.2 Å². The highest BCUT2D eigenvalue weighted by Gasteiger charge is 2.27. The van der Waals surface area contributed by atoms with Crippen LogP contribution in [0.15, 0.2) is 41.3 Å². The molecule has 0 unspecified atom stereocenters. The number of nitrogens with one attached hydrogen (secondary N) is 1. The third-order valence-electron chi connectivity index (χ3n) is 4.81. The molecule has 3 rings (SSSR count). The summed E-state index contributed by atoms with van der Waals surface area (Å²) in [4.78, 5) is 13.1. The number of fused-ring (bicyclic) bond motifs is 1. The van der Waals surface area contributed by atoms with E-state index in [4.69, 9.17) is 26.2 Å². The third-order valence-corrected chi connectivity index (χ3v) is 6.40. The van der Waals surface area contributed by atoms with Crippen LogP contribution in [-0.4, -0.2) is 51.9 Å². The lowest BCUT2D eigenvalue weighted by Crippen LogP contribution is -2.34. The van der Waals surface area contributed by atoms with E-state index in [1.807, 2.05) is 11.9 Å². The van der Waals surface area contributed by atoms with Crippen molar-refractivity contribution in [2.45, 2.75) is 24.3 Å². The number of benzene rings is 2. The van der Waals surface area contributed by atoms with Gasteiger partial charge in [0, 0.05) is 18.1 Å². The number of halogens is 1. The number of likely N-dealkylation sites (N-methyl/N-ethyl adjacent to an activating group) is 1. The lowest BCUT2D eigenvalue weighted by atomic mass is 10.1. The fraction of sp³-hybridized carbons (Fsp3) is 0.318. The SMILES string of the molecule is CN1CCOc2cc(S(=O)(=O)Nc3ccc(Cl)cc3C#CCOC(C)(C)C(=O)O)ccc21. The molecule has 0 saturated carbocycles. The lowest BCUT2D eigenvalue weighted by molar-refractivity contribution is -0.159. The minimum absolute atomic E-state index is 0.0481. The van der Waals surface area contributed by atoms with Crippen LogP contribution in [-0.2, 0) is 19.6 Å². The number of rotatable bonds is 6. The maximum atomic E-state index is 13.0. The van der Waals surface area contributed by atoms with Crippen molar-refractivity contribution in [1.29, 1.82) is 0 Å². The Hall–Kier alpha value is -2.93. The van der Waals surface area contributed by atoms with Gasteiger partial charge in [0.05, 0.1) is 28.4 Å².